The molecule has 3 N–H and O–H groups in total. The zero-order valence-electron chi connectivity index (χ0n) is 20.3. The number of hydrogen-bond donors (Lipinski definition) is 2. The molecule has 37 heavy (non-hydrogen) atoms. The lowest BCUT2D eigenvalue weighted by atomic mass is 10.0. The van der Waals surface area contributed by atoms with Gasteiger partial charge in [0, 0.05) is 28.8 Å². The fourth-order valence-corrected chi connectivity index (χ4v) is 4.17. The minimum atomic E-state index is -0.0673. The largest absolute Gasteiger partial charge is 0.487 e. The summed E-state index contributed by atoms with van der Waals surface area (Å²) in [5.41, 5.74) is 10.5. The van der Waals surface area contributed by atoms with E-state index in [0.717, 1.165) is 12.0 Å². The van der Waals surface area contributed by atoms with Gasteiger partial charge in [-0.2, -0.15) is 5.26 Å². The molecule has 1 fully saturated rings. The first-order valence-electron chi connectivity index (χ1n) is 11.6. The first kappa shape index (κ1) is 26.4. The number of rotatable bonds is 9. The van der Waals surface area contributed by atoms with Crippen LogP contribution in [0.2, 0.25) is 10.0 Å². The number of halogens is 2. The van der Waals surface area contributed by atoms with Crippen LogP contribution in [0.1, 0.15) is 24.5 Å². The van der Waals surface area contributed by atoms with Gasteiger partial charge in [-0.05, 0) is 55.6 Å². The van der Waals surface area contributed by atoms with Gasteiger partial charge in [0.2, 0.25) is 0 Å². The molecule has 0 spiro atoms. The van der Waals surface area contributed by atoms with Gasteiger partial charge in [-0.15, -0.1) is 0 Å². The number of nitrogen functional groups attached to an aromatic ring is 1. The monoisotopic (exact) mass is 536 g/mol. The molecule has 1 heterocycles. The number of anilines is 2. The number of allylic oxidation sites excluding steroid dienone is 1. The smallest absolute Gasteiger partial charge is 0.144 e. The van der Waals surface area contributed by atoms with Crippen LogP contribution in [0.3, 0.4) is 0 Å². The number of nitriles is 1. The zero-order chi connectivity index (χ0) is 26.4. The van der Waals surface area contributed by atoms with Crippen molar-refractivity contribution < 1.29 is 14.2 Å². The minimum Gasteiger partial charge on any atom is -0.487 e. The van der Waals surface area contributed by atoms with Gasteiger partial charge in [0.1, 0.15) is 24.2 Å². The second-order valence-electron chi connectivity index (χ2n) is 8.47. The van der Waals surface area contributed by atoms with Crippen molar-refractivity contribution >= 4 is 52.7 Å². The predicted octanol–water partition coefficient (Wildman–Crippen LogP) is 7.02. The fraction of sp³-hybridized carbons (Fsp3) is 0.214. The Bertz CT molecular complexity index is 1360. The fourth-order valence-electron chi connectivity index (χ4n) is 3.81. The number of nitrogens with one attached hydrogen (secondary N) is 1. The molecule has 1 aliphatic rings. The van der Waals surface area contributed by atoms with Crippen molar-refractivity contribution in [1.29, 1.82) is 5.26 Å². The molecule has 4 rings (SSSR count). The third kappa shape index (κ3) is 6.55. The molecule has 3 aromatic carbocycles. The molecule has 0 aliphatic carbocycles. The summed E-state index contributed by atoms with van der Waals surface area (Å²) in [5, 5.41) is 14.1. The van der Waals surface area contributed by atoms with E-state index in [1.54, 1.807) is 43.3 Å². The van der Waals surface area contributed by atoms with Crippen molar-refractivity contribution in [2.24, 2.45) is 4.99 Å². The lowest BCUT2D eigenvalue weighted by molar-refractivity contribution is 0.142. The van der Waals surface area contributed by atoms with Gasteiger partial charge in [-0.25, -0.2) is 0 Å². The van der Waals surface area contributed by atoms with E-state index in [1.165, 1.54) is 0 Å². The van der Waals surface area contributed by atoms with Crippen LogP contribution in [-0.2, 0) is 11.3 Å². The Balaban J connectivity index is 1.56. The summed E-state index contributed by atoms with van der Waals surface area (Å²) in [4.78, 5) is 4.16. The molecule has 0 bridgehead atoms. The highest BCUT2D eigenvalue weighted by Crippen LogP contribution is 2.38. The number of hydrogen-bond acceptors (Lipinski definition) is 7. The van der Waals surface area contributed by atoms with Crippen molar-refractivity contribution in [3.05, 3.63) is 81.3 Å². The Morgan fingerprint density at radius 3 is 2.62 bits per heavy atom. The summed E-state index contributed by atoms with van der Waals surface area (Å²) >= 11 is 12.4. The number of benzene rings is 3. The maximum Gasteiger partial charge on any atom is 0.144 e. The summed E-state index contributed by atoms with van der Waals surface area (Å²) < 4.78 is 17.2. The highest BCUT2D eigenvalue weighted by molar-refractivity contribution is 6.32. The first-order chi connectivity index (χ1) is 17.9. The van der Waals surface area contributed by atoms with Gasteiger partial charge >= 0.3 is 0 Å². The average molecular weight is 537 g/mol. The van der Waals surface area contributed by atoms with E-state index in [-0.39, 0.29) is 6.10 Å². The van der Waals surface area contributed by atoms with E-state index in [4.69, 9.17) is 43.1 Å². The van der Waals surface area contributed by atoms with Crippen LogP contribution < -0.4 is 20.5 Å². The van der Waals surface area contributed by atoms with Crippen molar-refractivity contribution in [3.63, 3.8) is 0 Å². The average Bonchev–Trinajstić information content (AvgIpc) is 3.41. The first-order valence-corrected chi connectivity index (χ1v) is 12.3. The van der Waals surface area contributed by atoms with Crippen molar-refractivity contribution in [1.82, 2.24) is 0 Å². The molecular weight excluding hydrogens is 511 g/mol. The van der Waals surface area contributed by atoms with E-state index in [2.05, 4.69) is 23.1 Å². The summed E-state index contributed by atoms with van der Waals surface area (Å²) in [6.45, 7) is 6.91. The van der Waals surface area contributed by atoms with Crippen LogP contribution in [0.25, 0.3) is 5.70 Å². The number of nitrogens with zero attached hydrogens (tertiary/aromatic N) is 2. The van der Waals surface area contributed by atoms with Crippen molar-refractivity contribution in [2.75, 3.05) is 24.3 Å². The minimum absolute atomic E-state index is 0.0673. The molecule has 1 saturated heterocycles. The Labute approximate surface area is 226 Å². The Morgan fingerprint density at radius 1 is 1.19 bits per heavy atom. The van der Waals surface area contributed by atoms with Crippen molar-refractivity contribution in [3.8, 4) is 17.6 Å². The number of aliphatic imine (C=N–C) groups is 1. The highest BCUT2D eigenvalue weighted by Gasteiger charge is 2.21. The van der Waals surface area contributed by atoms with Gasteiger partial charge < -0.3 is 25.3 Å². The van der Waals surface area contributed by atoms with Crippen LogP contribution in [-0.4, -0.2) is 26.0 Å². The maximum absolute atomic E-state index is 9.70. The lowest BCUT2D eigenvalue weighted by Gasteiger charge is -2.19. The topological polar surface area (TPSA) is 102 Å². The maximum atomic E-state index is 9.70. The molecule has 7 nitrogen and oxygen atoms in total. The van der Waals surface area contributed by atoms with Gasteiger partial charge in [0.15, 0.2) is 0 Å². The van der Waals surface area contributed by atoms with Gasteiger partial charge in [-0.3, -0.25) is 4.99 Å². The van der Waals surface area contributed by atoms with Crippen molar-refractivity contribution in [2.45, 2.75) is 26.1 Å². The van der Waals surface area contributed by atoms with Crippen LogP contribution in [0.4, 0.5) is 17.1 Å². The zero-order valence-corrected chi connectivity index (χ0v) is 21.8. The standard InChI is InChI=1S/C28H26Cl2N4O3/c1-17(14-31)28(22-12-24(32)27(13-25(22)33-2)37-21-9-10-35-16-21)34-20-7-8-26(23(30)11-20)36-15-18-3-5-19(29)6-4-18/h3-8,11-13,21,34H,2,9-10,15-16,32H2,1H3/b28-17-. The van der Waals surface area contributed by atoms with Gasteiger partial charge in [-0.1, -0.05) is 35.3 Å². The third-order valence-corrected chi connectivity index (χ3v) is 6.35. The van der Waals surface area contributed by atoms with Crippen LogP contribution >= 0.6 is 23.2 Å². The second-order valence-corrected chi connectivity index (χ2v) is 9.31. The van der Waals surface area contributed by atoms with Crippen LogP contribution in [0.15, 0.2) is 65.2 Å². The van der Waals surface area contributed by atoms with E-state index >= 15 is 0 Å². The van der Waals surface area contributed by atoms with E-state index < -0.39 is 0 Å². The molecule has 9 heteroatoms. The van der Waals surface area contributed by atoms with E-state index in [9.17, 15) is 5.26 Å². The SMILES string of the molecule is C=Nc1cc(OC2CCOC2)c(N)cc1/C(Nc1ccc(OCc2ccc(Cl)cc2)c(Cl)c1)=C(\C)C#N. The summed E-state index contributed by atoms with van der Waals surface area (Å²) in [6, 6.07) is 18.4. The predicted molar refractivity (Wildman–Crippen MR) is 149 cm³/mol. The molecule has 1 atom stereocenters. The molecule has 0 amide bonds. The van der Waals surface area contributed by atoms with Gasteiger partial charge in [0.05, 0.1) is 47.0 Å². The van der Waals surface area contributed by atoms with E-state index in [0.29, 0.717) is 75.3 Å². The molecule has 0 saturated carbocycles. The highest BCUT2D eigenvalue weighted by atomic mass is 35.5. The molecule has 190 valence electrons. The molecule has 3 aromatic rings. The summed E-state index contributed by atoms with van der Waals surface area (Å²) in [5.74, 6) is 1.03. The quantitative estimate of drug-likeness (QED) is 0.173. The second kappa shape index (κ2) is 12.0. The number of nitrogens with two attached hydrogens (primary N) is 1. The number of ether oxygens (including phenoxy) is 3. The Hall–Kier alpha value is -3.70. The molecular formula is C28H26Cl2N4O3. The van der Waals surface area contributed by atoms with E-state index in [1.807, 2.05) is 18.2 Å². The molecule has 1 aliphatic heterocycles. The third-order valence-electron chi connectivity index (χ3n) is 5.80. The Morgan fingerprint density at radius 2 is 1.97 bits per heavy atom. The Kier molecular flexibility index (Phi) is 8.57. The van der Waals surface area contributed by atoms with Crippen LogP contribution in [0.5, 0.6) is 11.5 Å². The summed E-state index contributed by atoms with van der Waals surface area (Å²) in [6.07, 6.45) is 0.723. The lowest BCUT2D eigenvalue weighted by Crippen LogP contribution is -2.16. The van der Waals surface area contributed by atoms with Gasteiger partial charge in [0.25, 0.3) is 0 Å². The molecule has 0 aromatic heterocycles. The van der Waals surface area contributed by atoms with Crippen LogP contribution in [0, 0.1) is 11.3 Å². The molecule has 1 unspecified atom stereocenters. The summed E-state index contributed by atoms with van der Waals surface area (Å²) in [7, 11) is 0. The normalized spacial score (nSPS) is 15.5. The molecule has 0 radical (unpaired) electrons.